The van der Waals surface area contributed by atoms with Crippen molar-refractivity contribution in [2.75, 3.05) is 19.6 Å². The zero-order valence-corrected chi connectivity index (χ0v) is 11.1. The summed E-state index contributed by atoms with van der Waals surface area (Å²) in [7, 11) is 0. The minimum absolute atomic E-state index is 0.0795. The summed E-state index contributed by atoms with van der Waals surface area (Å²) in [6.45, 7) is 14.9. The van der Waals surface area contributed by atoms with Gasteiger partial charge in [-0.1, -0.05) is 20.8 Å². The maximum atomic E-state index is 11.9. The molecule has 0 aromatic heterocycles. The molecule has 0 spiro atoms. The van der Waals surface area contributed by atoms with Gasteiger partial charge in [0.05, 0.1) is 6.04 Å². The second kappa shape index (κ2) is 6.11. The molecule has 0 aliphatic heterocycles. The molecule has 90 valence electrons. The van der Waals surface area contributed by atoms with Crippen molar-refractivity contribution in [3.63, 3.8) is 0 Å². The molecule has 1 unspecified atom stereocenters. The molecule has 0 rings (SSSR count). The molecule has 15 heavy (non-hydrogen) atoms. The fourth-order valence-corrected chi connectivity index (χ4v) is 1.36. The molecule has 3 nitrogen and oxygen atoms in total. The van der Waals surface area contributed by atoms with Crippen molar-refractivity contribution in [2.24, 2.45) is 5.41 Å². The lowest BCUT2D eigenvalue weighted by Crippen LogP contribution is -2.46. The van der Waals surface area contributed by atoms with Crippen molar-refractivity contribution < 1.29 is 4.79 Å². The van der Waals surface area contributed by atoms with E-state index in [1.54, 1.807) is 0 Å². The number of rotatable bonds is 5. The van der Waals surface area contributed by atoms with Crippen molar-refractivity contribution in [1.82, 2.24) is 10.2 Å². The number of nitrogens with zero attached hydrogens (tertiary/aromatic N) is 1. The Labute approximate surface area is 94.2 Å². The average molecular weight is 214 g/mol. The van der Waals surface area contributed by atoms with Crippen molar-refractivity contribution >= 4 is 5.91 Å². The number of carbonyl (C=O) groups is 1. The van der Waals surface area contributed by atoms with Gasteiger partial charge in [0.1, 0.15) is 0 Å². The molecule has 0 radical (unpaired) electrons. The fourth-order valence-electron chi connectivity index (χ4n) is 1.36. The van der Waals surface area contributed by atoms with Crippen LogP contribution in [-0.2, 0) is 4.79 Å². The molecule has 0 fully saturated rings. The van der Waals surface area contributed by atoms with Crippen LogP contribution in [0.4, 0.5) is 0 Å². The summed E-state index contributed by atoms with van der Waals surface area (Å²) in [5, 5.41) is 3.28. The summed E-state index contributed by atoms with van der Waals surface area (Å²) >= 11 is 0. The Balaban J connectivity index is 4.09. The lowest BCUT2D eigenvalue weighted by Gasteiger charge is -2.26. The third-order valence-electron chi connectivity index (χ3n) is 2.38. The van der Waals surface area contributed by atoms with Gasteiger partial charge in [-0.05, 0) is 26.2 Å². The first-order valence-electron chi connectivity index (χ1n) is 5.84. The van der Waals surface area contributed by atoms with Gasteiger partial charge in [-0.15, -0.1) is 0 Å². The normalized spacial score (nSPS) is 13.7. The van der Waals surface area contributed by atoms with Crippen LogP contribution in [-0.4, -0.2) is 36.5 Å². The molecule has 1 atom stereocenters. The first-order chi connectivity index (χ1) is 6.81. The Kier molecular flexibility index (Phi) is 5.88. The molecule has 0 aliphatic carbocycles. The minimum atomic E-state index is -0.0795. The predicted octanol–water partition coefficient (Wildman–Crippen LogP) is 1.88. The van der Waals surface area contributed by atoms with Crippen LogP contribution in [0.1, 0.15) is 41.5 Å². The lowest BCUT2D eigenvalue weighted by molar-refractivity contribution is -0.132. The largest absolute Gasteiger partial charge is 0.342 e. The van der Waals surface area contributed by atoms with E-state index in [1.807, 2.05) is 25.7 Å². The SMILES string of the molecule is CCN(CC)C(=O)C(C)NCC(C)(C)C. The second-order valence-electron chi connectivity index (χ2n) is 5.17. The Hall–Kier alpha value is -0.570. The maximum absolute atomic E-state index is 11.9. The van der Waals surface area contributed by atoms with E-state index in [1.165, 1.54) is 0 Å². The topological polar surface area (TPSA) is 32.3 Å². The average Bonchev–Trinajstić information content (AvgIpc) is 2.14. The fraction of sp³-hybridized carbons (Fsp3) is 0.917. The highest BCUT2D eigenvalue weighted by atomic mass is 16.2. The molecule has 0 saturated heterocycles. The van der Waals surface area contributed by atoms with Gasteiger partial charge in [0.25, 0.3) is 0 Å². The zero-order chi connectivity index (χ0) is 12.1. The third-order valence-corrected chi connectivity index (χ3v) is 2.38. The van der Waals surface area contributed by atoms with E-state index in [4.69, 9.17) is 0 Å². The van der Waals surface area contributed by atoms with Gasteiger partial charge < -0.3 is 10.2 Å². The highest BCUT2D eigenvalue weighted by molar-refractivity contribution is 5.81. The highest BCUT2D eigenvalue weighted by Gasteiger charge is 2.19. The van der Waals surface area contributed by atoms with Crippen LogP contribution in [0.2, 0.25) is 0 Å². The molecule has 0 aromatic carbocycles. The van der Waals surface area contributed by atoms with E-state index < -0.39 is 0 Å². The molecule has 1 N–H and O–H groups in total. The molecule has 3 heteroatoms. The molecular formula is C12H26N2O. The van der Waals surface area contributed by atoms with Crippen LogP contribution in [0, 0.1) is 5.41 Å². The van der Waals surface area contributed by atoms with Gasteiger partial charge >= 0.3 is 0 Å². The van der Waals surface area contributed by atoms with Gasteiger partial charge in [0, 0.05) is 19.6 Å². The zero-order valence-electron chi connectivity index (χ0n) is 11.1. The molecular weight excluding hydrogens is 188 g/mol. The standard InChI is InChI=1S/C12H26N2O/c1-7-14(8-2)11(15)10(3)13-9-12(4,5)6/h10,13H,7-9H2,1-6H3. The van der Waals surface area contributed by atoms with E-state index in [9.17, 15) is 4.79 Å². The summed E-state index contributed by atoms with van der Waals surface area (Å²) in [6, 6.07) is -0.0795. The Morgan fingerprint density at radius 3 is 2.07 bits per heavy atom. The van der Waals surface area contributed by atoms with E-state index in [2.05, 4.69) is 26.1 Å². The summed E-state index contributed by atoms with van der Waals surface area (Å²) in [5.74, 6) is 0.198. The Morgan fingerprint density at radius 2 is 1.73 bits per heavy atom. The molecule has 0 heterocycles. The lowest BCUT2D eigenvalue weighted by atomic mass is 9.96. The van der Waals surface area contributed by atoms with E-state index in [0.29, 0.717) is 0 Å². The van der Waals surface area contributed by atoms with Gasteiger partial charge in [0.15, 0.2) is 0 Å². The van der Waals surface area contributed by atoms with Crippen LogP contribution in [0.3, 0.4) is 0 Å². The van der Waals surface area contributed by atoms with Crippen molar-refractivity contribution in [3.8, 4) is 0 Å². The van der Waals surface area contributed by atoms with Crippen LogP contribution in [0.15, 0.2) is 0 Å². The third kappa shape index (κ3) is 5.78. The second-order valence-corrected chi connectivity index (χ2v) is 5.17. The van der Waals surface area contributed by atoms with Crippen molar-refractivity contribution in [2.45, 2.75) is 47.6 Å². The molecule has 0 saturated carbocycles. The van der Waals surface area contributed by atoms with Gasteiger partial charge in [-0.3, -0.25) is 4.79 Å². The number of carbonyl (C=O) groups excluding carboxylic acids is 1. The summed E-state index contributed by atoms with van der Waals surface area (Å²) < 4.78 is 0. The molecule has 0 aromatic rings. The van der Waals surface area contributed by atoms with Crippen LogP contribution in [0.5, 0.6) is 0 Å². The van der Waals surface area contributed by atoms with E-state index >= 15 is 0 Å². The summed E-state index contributed by atoms with van der Waals surface area (Å²) in [6.07, 6.45) is 0. The summed E-state index contributed by atoms with van der Waals surface area (Å²) in [4.78, 5) is 13.7. The van der Waals surface area contributed by atoms with Crippen molar-refractivity contribution in [3.05, 3.63) is 0 Å². The highest BCUT2D eigenvalue weighted by Crippen LogP contribution is 2.10. The van der Waals surface area contributed by atoms with Crippen LogP contribution < -0.4 is 5.32 Å². The number of hydrogen-bond donors (Lipinski definition) is 1. The molecule has 0 aliphatic rings. The predicted molar refractivity (Wildman–Crippen MR) is 64.8 cm³/mol. The first-order valence-corrected chi connectivity index (χ1v) is 5.84. The number of nitrogens with one attached hydrogen (secondary N) is 1. The smallest absolute Gasteiger partial charge is 0.239 e. The van der Waals surface area contributed by atoms with Gasteiger partial charge in [0.2, 0.25) is 5.91 Å². The Bertz CT molecular complexity index is 192. The Morgan fingerprint density at radius 1 is 1.27 bits per heavy atom. The monoisotopic (exact) mass is 214 g/mol. The van der Waals surface area contributed by atoms with Crippen LogP contribution in [0.25, 0.3) is 0 Å². The molecule has 1 amide bonds. The van der Waals surface area contributed by atoms with Gasteiger partial charge in [-0.25, -0.2) is 0 Å². The summed E-state index contributed by atoms with van der Waals surface area (Å²) in [5.41, 5.74) is 0.220. The number of amides is 1. The number of hydrogen-bond acceptors (Lipinski definition) is 2. The van der Waals surface area contributed by atoms with Crippen molar-refractivity contribution in [1.29, 1.82) is 0 Å². The van der Waals surface area contributed by atoms with E-state index in [0.717, 1.165) is 19.6 Å². The van der Waals surface area contributed by atoms with E-state index in [-0.39, 0.29) is 17.4 Å². The number of likely N-dealkylation sites (N-methyl/N-ethyl adjacent to an activating group) is 1. The van der Waals surface area contributed by atoms with Crippen LogP contribution >= 0.6 is 0 Å². The van der Waals surface area contributed by atoms with Gasteiger partial charge in [-0.2, -0.15) is 0 Å². The first kappa shape index (κ1) is 14.4. The molecule has 0 bridgehead atoms. The maximum Gasteiger partial charge on any atom is 0.239 e. The quantitative estimate of drug-likeness (QED) is 0.758. The minimum Gasteiger partial charge on any atom is -0.342 e.